The number of carbonyl (C=O) groups excluding carboxylic acids is 2. The summed E-state index contributed by atoms with van der Waals surface area (Å²) in [4.78, 5) is 42.7. The summed E-state index contributed by atoms with van der Waals surface area (Å²) in [6.07, 6.45) is 3.72. The number of hydrogen-bond acceptors (Lipinski definition) is 7. The SMILES string of the molecule is CC(C)(Oc1cccc(N2CCC[C@@H](C(=O)N(Cc3ccc(-c4cn[nH]c4)cc3)C3CC3)C2)c1)C(=O)N1CCC2(CNC2)C1.O=C(O)C(F)(F)F. The topological polar surface area (TPSA) is 131 Å². The number of ether oxygens (including phenoxy) is 1. The van der Waals surface area contributed by atoms with E-state index in [4.69, 9.17) is 14.6 Å². The van der Waals surface area contributed by atoms with Crippen molar-refractivity contribution in [3.8, 4) is 16.9 Å². The van der Waals surface area contributed by atoms with Crippen LogP contribution in [0.3, 0.4) is 0 Å². The van der Waals surface area contributed by atoms with Gasteiger partial charge < -0.3 is 29.9 Å². The van der Waals surface area contributed by atoms with Gasteiger partial charge in [0.25, 0.3) is 5.91 Å². The molecule has 4 heterocycles. The number of aliphatic carboxylic acids is 1. The number of anilines is 1. The van der Waals surface area contributed by atoms with Crippen molar-refractivity contribution in [2.24, 2.45) is 11.3 Å². The highest BCUT2D eigenvalue weighted by atomic mass is 19.4. The van der Waals surface area contributed by atoms with Crippen LogP contribution in [0.5, 0.6) is 5.75 Å². The van der Waals surface area contributed by atoms with E-state index in [1.807, 2.05) is 49.3 Å². The van der Waals surface area contributed by atoms with Gasteiger partial charge in [0.2, 0.25) is 5.91 Å². The second kappa shape index (κ2) is 14.6. The quantitative estimate of drug-likeness (QED) is 0.280. The van der Waals surface area contributed by atoms with Gasteiger partial charge >= 0.3 is 12.1 Å². The van der Waals surface area contributed by atoms with Gasteiger partial charge in [-0.25, -0.2) is 4.79 Å². The molecule has 2 aromatic carbocycles. The maximum absolute atomic E-state index is 14.0. The van der Waals surface area contributed by atoms with Crippen LogP contribution >= 0.6 is 0 Å². The largest absolute Gasteiger partial charge is 0.490 e. The number of H-pyrrole nitrogens is 1. The zero-order chi connectivity index (χ0) is 36.4. The normalized spacial score (nSPS) is 19.9. The molecule has 1 spiro atoms. The lowest BCUT2D eigenvalue weighted by Crippen LogP contribution is -2.56. The maximum atomic E-state index is 14.0. The highest BCUT2D eigenvalue weighted by molar-refractivity contribution is 5.85. The van der Waals surface area contributed by atoms with Crippen LogP contribution in [0.25, 0.3) is 11.1 Å². The highest BCUT2D eigenvalue weighted by Gasteiger charge is 2.47. The Balaban J connectivity index is 0.000000582. The van der Waals surface area contributed by atoms with Crippen LogP contribution < -0.4 is 15.0 Å². The molecule has 14 heteroatoms. The summed E-state index contributed by atoms with van der Waals surface area (Å²) >= 11 is 0. The Bertz CT molecular complexity index is 1690. The fourth-order valence-electron chi connectivity index (χ4n) is 7.17. The predicted octanol–water partition coefficient (Wildman–Crippen LogP) is 5.10. The Hall–Kier alpha value is -4.59. The molecule has 51 heavy (non-hydrogen) atoms. The van der Waals surface area contributed by atoms with Gasteiger partial charge in [-0.15, -0.1) is 0 Å². The number of rotatable bonds is 9. The van der Waals surface area contributed by atoms with E-state index in [1.165, 1.54) is 0 Å². The van der Waals surface area contributed by atoms with Gasteiger partial charge in [-0.05, 0) is 69.2 Å². The number of aromatic amines is 1. The first-order chi connectivity index (χ1) is 24.2. The average Bonchev–Trinajstić information content (AvgIpc) is 3.57. The molecule has 11 nitrogen and oxygen atoms in total. The van der Waals surface area contributed by atoms with E-state index in [9.17, 15) is 22.8 Å². The Labute approximate surface area is 295 Å². The number of nitrogens with one attached hydrogen (secondary N) is 2. The first kappa shape index (κ1) is 36.2. The summed E-state index contributed by atoms with van der Waals surface area (Å²) < 4.78 is 38.1. The Morgan fingerprint density at radius 1 is 1.04 bits per heavy atom. The number of halogens is 3. The zero-order valence-electron chi connectivity index (χ0n) is 28.9. The Kier molecular flexibility index (Phi) is 10.3. The van der Waals surface area contributed by atoms with E-state index in [2.05, 4.69) is 55.6 Å². The van der Waals surface area contributed by atoms with Gasteiger partial charge in [-0.2, -0.15) is 18.3 Å². The number of carboxylic acid groups (broad SMARTS) is 1. The molecule has 0 radical (unpaired) electrons. The third-order valence-electron chi connectivity index (χ3n) is 10.2. The Morgan fingerprint density at radius 2 is 1.76 bits per heavy atom. The van der Waals surface area contributed by atoms with Crippen LogP contribution in [0.2, 0.25) is 0 Å². The summed E-state index contributed by atoms with van der Waals surface area (Å²) in [6.45, 7) is 9.59. The molecule has 3 aliphatic heterocycles. The molecule has 1 aliphatic carbocycles. The highest BCUT2D eigenvalue weighted by Crippen LogP contribution is 2.37. The third-order valence-corrected chi connectivity index (χ3v) is 10.2. The first-order valence-electron chi connectivity index (χ1n) is 17.5. The lowest BCUT2D eigenvalue weighted by atomic mass is 9.81. The molecule has 2 amide bonds. The second-order valence-corrected chi connectivity index (χ2v) is 14.7. The Morgan fingerprint density at radius 3 is 2.35 bits per heavy atom. The van der Waals surface area contributed by atoms with Gasteiger partial charge in [0, 0.05) is 80.8 Å². The molecule has 0 bridgehead atoms. The molecule has 3 saturated heterocycles. The summed E-state index contributed by atoms with van der Waals surface area (Å²) in [6, 6.07) is 16.8. The number of carbonyl (C=O) groups is 3. The molecule has 1 saturated carbocycles. The third kappa shape index (κ3) is 8.66. The fourth-order valence-corrected chi connectivity index (χ4v) is 7.17. The molecule has 1 atom stereocenters. The summed E-state index contributed by atoms with van der Waals surface area (Å²) in [5, 5.41) is 17.4. The summed E-state index contributed by atoms with van der Waals surface area (Å²) in [5.41, 5.74) is 3.67. The van der Waals surface area contributed by atoms with Gasteiger partial charge in [0.05, 0.1) is 12.1 Å². The van der Waals surface area contributed by atoms with Crippen LogP contribution in [0.15, 0.2) is 60.9 Å². The minimum absolute atomic E-state index is 0.0411. The van der Waals surface area contributed by atoms with Gasteiger partial charge in [0.15, 0.2) is 5.60 Å². The number of likely N-dealkylation sites (tertiary alicyclic amines) is 1. The number of benzene rings is 2. The smallest absolute Gasteiger partial charge is 0.478 e. The van der Waals surface area contributed by atoms with Gasteiger partial charge in [-0.3, -0.25) is 14.7 Å². The molecule has 1 aromatic heterocycles. The molecule has 0 unspecified atom stereocenters. The van der Waals surface area contributed by atoms with Crippen molar-refractivity contribution in [3.05, 3.63) is 66.5 Å². The number of alkyl halides is 3. The molecule has 7 rings (SSSR count). The number of amides is 2. The van der Waals surface area contributed by atoms with Crippen molar-refractivity contribution in [1.29, 1.82) is 0 Å². The lowest BCUT2D eigenvalue weighted by Gasteiger charge is -2.39. The van der Waals surface area contributed by atoms with Gasteiger partial charge in [-0.1, -0.05) is 30.3 Å². The number of carboxylic acids is 1. The van der Waals surface area contributed by atoms with E-state index in [1.54, 1.807) is 0 Å². The monoisotopic (exact) mass is 710 g/mol. The minimum Gasteiger partial charge on any atom is -0.478 e. The van der Waals surface area contributed by atoms with E-state index in [0.29, 0.717) is 24.9 Å². The number of nitrogens with zero attached hydrogens (tertiary/aromatic N) is 4. The van der Waals surface area contributed by atoms with Crippen molar-refractivity contribution in [2.75, 3.05) is 44.2 Å². The van der Waals surface area contributed by atoms with Crippen LogP contribution in [-0.4, -0.2) is 100.0 Å². The number of hydrogen-bond donors (Lipinski definition) is 3. The molecule has 274 valence electrons. The predicted molar refractivity (Wildman–Crippen MR) is 184 cm³/mol. The standard InChI is InChI=1S/C35H44N6O3.C2HF3O2/c1-34(2,33(43)40-16-14-35(24-40)22-36-23-35)44-31-7-3-6-30(17-31)39-15-4-5-27(21-39)32(42)41(29-12-13-29)20-25-8-10-26(11-9-25)28-18-37-38-19-28;3-2(4,5)1(6)7/h3,6-11,17-19,27,29,36H,4-5,12-16,20-24H2,1-2H3,(H,37,38);(H,6,7)/t27-;/m1./s1. The maximum Gasteiger partial charge on any atom is 0.490 e. The molecule has 4 aliphatic rings. The van der Waals surface area contributed by atoms with Crippen molar-refractivity contribution in [2.45, 2.75) is 70.3 Å². The van der Waals surface area contributed by atoms with E-state index in [-0.39, 0.29) is 23.1 Å². The lowest BCUT2D eigenvalue weighted by molar-refractivity contribution is -0.192. The van der Waals surface area contributed by atoms with E-state index >= 15 is 0 Å². The van der Waals surface area contributed by atoms with Crippen LogP contribution in [0.1, 0.15) is 51.5 Å². The van der Waals surface area contributed by atoms with Crippen LogP contribution in [0, 0.1) is 11.3 Å². The number of piperidine rings is 1. The van der Waals surface area contributed by atoms with Crippen LogP contribution in [0.4, 0.5) is 18.9 Å². The molecular weight excluding hydrogens is 665 g/mol. The van der Waals surface area contributed by atoms with Crippen molar-refractivity contribution < 1.29 is 37.4 Å². The van der Waals surface area contributed by atoms with Crippen molar-refractivity contribution in [3.63, 3.8) is 0 Å². The summed E-state index contributed by atoms with van der Waals surface area (Å²) in [7, 11) is 0. The van der Waals surface area contributed by atoms with Crippen molar-refractivity contribution in [1.82, 2.24) is 25.3 Å². The first-order valence-corrected chi connectivity index (χ1v) is 17.5. The molecule has 3 N–H and O–H groups in total. The van der Waals surface area contributed by atoms with E-state index < -0.39 is 17.7 Å². The second-order valence-electron chi connectivity index (χ2n) is 14.7. The molecular formula is C37H45F3N6O5. The zero-order valence-corrected chi connectivity index (χ0v) is 28.9. The molecule has 3 aromatic rings. The fraction of sp³-hybridized carbons (Fsp3) is 0.514. The van der Waals surface area contributed by atoms with E-state index in [0.717, 1.165) is 87.2 Å². The molecule has 4 fully saturated rings. The number of aromatic nitrogens is 2. The minimum atomic E-state index is -5.08. The van der Waals surface area contributed by atoms with Gasteiger partial charge in [0.1, 0.15) is 5.75 Å². The average molecular weight is 711 g/mol. The van der Waals surface area contributed by atoms with Crippen LogP contribution in [-0.2, 0) is 20.9 Å². The summed E-state index contributed by atoms with van der Waals surface area (Å²) in [5.74, 6) is -1.80. The van der Waals surface area contributed by atoms with Crippen molar-refractivity contribution >= 4 is 23.5 Å².